The molecule has 150 valence electrons. The van der Waals surface area contributed by atoms with E-state index in [1.165, 1.54) is 54.2 Å². The second kappa shape index (κ2) is 7.21. The van der Waals surface area contributed by atoms with Crippen LogP contribution >= 0.6 is 0 Å². The van der Waals surface area contributed by atoms with Crippen LogP contribution < -0.4 is 0 Å². The van der Waals surface area contributed by atoms with Crippen LogP contribution in [0.1, 0.15) is 11.1 Å². The van der Waals surface area contributed by atoms with E-state index in [1.807, 2.05) is 12.2 Å². The SMILES string of the molecule is C=Cc1cc2ccccc2c(-c2ccc3c4ccccc4c4ccccc4c3c2)c1C=C. The molecule has 0 saturated heterocycles. The molecule has 0 unspecified atom stereocenters. The van der Waals surface area contributed by atoms with Crippen LogP contribution in [0.5, 0.6) is 0 Å². The van der Waals surface area contributed by atoms with Gasteiger partial charge in [0.1, 0.15) is 0 Å². The Labute approximate surface area is 187 Å². The van der Waals surface area contributed by atoms with Crippen molar-refractivity contribution < 1.29 is 0 Å². The maximum atomic E-state index is 4.14. The molecule has 0 aliphatic heterocycles. The molecule has 0 atom stereocenters. The normalized spacial score (nSPS) is 11.4. The number of hydrogen-bond donors (Lipinski definition) is 0. The second-order valence-corrected chi connectivity index (χ2v) is 8.24. The Balaban J connectivity index is 1.79. The van der Waals surface area contributed by atoms with Crippen molar-refractivity contribution in [2.45, 2.75) is 0 Å². The molecule has 0 aliphatic rings. The third-order valence-corrected chi connectivity index (χ3v) is 6.58. The monoisotopic (exact) mass is 406 g/mol. The summed E-state index contributed by atoms with van der Waals surface area (Å²) in [6.45, 7) is 8.20. The minimum atomic E-state index is 1.11. The number of rotatable bonds is 3. The van der Waals surface area contributed by atoms with E-state index in [1.54, 1.807) is 0 Å². The summed E-state index contributed by atoms with van der Waals surface area (Å²) >= 11 is 0. The van der Waals surface area contributed by atoms with Crippen LogP contribution in [0, 0.1) is 0 Å². The summed E-state index contributed by atoms with van der Waals surface area (Å²) in [5, 5.41) is 10.2. The smallest absolute Gasteiger partial charge is 0.00268 e. The molecule has 0 heterocycles. The molecule has 0 radical (unpaired) electrons. The van der Waals surface area contributed by atoms with Crippen molar-refractivity contribution in [3.05, 3.63) is 121 Å². The Hall–Kier alpha value is -4.16. The van der Waals surface area contributed by atoms with Gasteiger partial charge < -0.3 is 0 Å². The molecule has 0 amide bonds. The molecule has 0 nitrogen and oxygen atoms in total. The van der Waals surface area contributed by atoms with Crippen molar-refractivity contribution >= 4 is 55.2 Å². The van der Waals surface area contributed by atoms with Crippen LogP contribution in [-0.2, 0) is 0 Å². The van der Waals surface area contributed by atoms with E-state index in [2.05, 4.69) is 110 Å². The zero-order valence-electron chi connectivity index (χ0n) is 17.8. The van der Waals surface area contributed by atoms with E-state index in [0.29, 0.717) is 0 Å². The highest BCUT2D eigenvalue weighted by Gasteiger charge is 2.14. The molecule has 0 aliphatic carbocycles. The first-order chi connectivity index (χ1) is 15.8. The van der Waals surface area contributed by atoms with Gasteiger partial charge in [-0.3, -0.25) is 0 Å². The van der Waals surface area contributed by atoms with Crippen molar-refractivity contribution in [2.75, 3.05) is 0 Å². The molecule has 0 fully saturated rings. The minimum Gasteiger partial charge on any atom is -0.0984 e. The molecule has 0 N–H and O–H groups in total. The highest BCUT2D eigenvalue weighted by atomic mass is 14.2. The van der Waals surface area contributed by atoms with Gasteiger partial charge in [-0.05, 0) is 77.5 Å². The Morgan fingerprint density at radius 3 is 1.59 bits per heavy atom. The summed E-state index contributed by atoms with van der Waals surface area (Å²) in [6.07, 6.45) is 3.89. The zero-order chi connectivity index (χ0) is 21.7. The predicted octanol–water partition coefficient (Wildman–Crippen LogP) is 9.25. The maximum absolute atomic E-state index is 4.14. The molecular formula is C32H22. The van der Waals surface area contributed by atoms with Crippen molar-refractivity contribution in [1.29, 1.82) is 0 Å². The van der Waals surface area contributed by atoms with Crippen molar-refractivity contribution in [3.63, 3.8) is 0 Å². The predicted molar refractivity (Wildman–Crippen MR) is 142 cm³/mol. The third kappa shape index (κ3) is 2.63. The lowest BCUT2D eigenvalue weighted by Gasteiger charge is -2.16. The Bertz CT molecular complexity index is 1660. The summed E-state index contributed by atoms with van der Waals surface area (Å²) in [7, 11) is 0. The van der Waals surface area contributed by atoms with Crippen LogP contribution in [0.4, 0.5) is 0 Å². The molecule has 0 aromatic heterocycles. The summed E-state index contributed by atoms with van der Waals surface area (Å²) in [6, 6.07) is 35.1. The Morgan fingerprint density at radius 2 is 1.00 bits per heavy atom. The molecule has 6 rings (SSSR count). The fourth-order valence-electron chi connectivity index (χ4n) is 5.15. The van der Waals surface area contributed by atoms with Crippen LogP contribution in [0.3, 0.4) is 0 Å². The van der Waals surface area contributed by atoms with Gasteiger partial charge in [-0.25, -0.2) is 0 Å². The number of fused-ring (bicyclic) bond motifs is 7. The quantitative estimate of drug-likeness (QED) is 0.257. The molecule has 32 heavy (non-hydrogen) atoms. The first kappa shape index (κ1) is 18.6. The van der Waals surface area contributed by atoms with Gasteiger partial charge >= 0.3 is 0 Å². The largest absolute Gasteiger partial charge is 0.0984 e. The van der Waals surface area contributed by atoms with E-state index < -0.39 is 0 Å². The van der Waals surface area contributed by atoms with Gasteiger partial charge in [-0.2, -0.15) is 0 Å². The second-order valence-electron chi connectivity index (χ2n) is 8.24. The Kier molecular flexibility index (Phi) is 4.19. The zero-order valence-corrected chi connectivity index (χ0v) is 17.8. The molecule has 6 aromatic carbocycles. The van der Waals surface area contributed by atoms with Crippen molar-refractivity contribution in [1.82, 2.24) is 0 Å². The van der Waals surface area contributed by atoms with E-state index >= 15 is 0 Å². The van der Waals surface area contributed by atoms with Gasteiger partial charge in [0.15, 0.2) is 0 Å². The highest BCUT2D eigenvalue weighted by Crippen LogP contribution is 2.40. The highest BCUT2D eigenvalue weighted by molar-refractivity contribution is 6.26. The summed E-state index contributed by atoms with van der Waals surface area (Å²) < 4.78 is 0. The average Bonchev–Trinajstić information content (AvgIpc) is 2.87. The lowest BCUT2D eigenvalue weighted by Crippen LogP contribution is -1.91. The maximum Gasteiger partial charge on any atom is -0.00268 e. The van der Waals surface area contributed by atoms with E-state index in [0.717, 1.165) is 11.1 Å². The van der Waals surface area contributed by atoms with Gasteiger partial charge in [-0.1, -0.05) is 110 Å². The standard InChI is InChI=1S/C32H22/c1-3-21-19-22-11-5-6-12-25(22)32(24(21)4-2)23-17-18-30-28-15-8-7-13-26(28)27-14-9-10-16-29(27)31(30)20-23/h3-20H,1-2H2. The fourth-order valence-corrected chi connectivity index (χ4v) is 5.15. The van der Waals surface area contributed by atoms with E-state index in [4.69, 9.17) is 0 Å². The fraction of sp³-hybridized carbons (Fsp3) is 0. The lowest BCUT2D eigenvalue weighted by molar-refractivity contribution is 1.63. The molecular weight excluding hydrogens is 384 g/mol. The molecule has 0 heteroatoms. The van der Waals surface area contributed by atoms with Gasteiger partial charge in [-0.15, -0.1) is 0 Å². The number of hydrogen-bond acceptors (Lipinski definition) is 0. The van der Waals surface area contributed by atoms with Crippen LogP contribution in [0.15, 0.2) is 110 Å². The van der Waals surface area contributed by atoms with Crippen LogP contribution in [0.25, 0.3) is 66.4 Å². The topological polar surface area (TPSA) is 0 Å². The molecule has 0 saturated carbocycles. The first-order valence-electron chi connectivity index (χ1n) is 10.9. The lowest BCUT2D eigenvalue weighted by atomic mass is 9.87. The summed E-state index contributed by atoms with van der Waals surface area (Å²) in [4.78, 5) is 0. The van der Waals surface area contributed by atoms with Gasteiger partial charge in [0.2, 0.25) is 0 Å². The van der Waals surface area contributed by atoms with E-state index in [9.17, 15) is 0 Å². The van der Waals surface area contributed by atoms with Crippen LogP contribution in [-0.4, -0.2) is 0 Å². The first-order valence-corrected chi connectivity index (χ1v) is 10.9. The van der Waals surface area contributed by atoms with Crippen LogP contribution in [0.2, 0.25) is 0 Å². The Morgan fingerprint density at radius 1 is 0.469 bits per heavy atom. The van der Waals surface area contributed by atoms with E-state index in [-0.39, 0.29) is 0 Å². The van der Waals surface area contributed by atoms with Gasteiger partial charge in [0.25, 0.3) is 0 Å². The van der Waals surface area contributed by atoms with Crippen molar-refractivity contribution in [2.24, 2.45) is 0 Å². The van der Waals surface area contributed by atoms with Gasteiger partial charge in [0.05, 0.1) is 0 Å². The molecule has 0 spiro atoms. The summed E-state index contributed by atoms with van der Waals surface area (Å²) in [5.74, 6) is 0. The third-order valence-electron chi connectivity index (χ3n) is 6.58. The summed E-state index contributed by atoms with van der Waals surface area (Å²) in [5.41, 5.74) is 4.65. The number of benzene rings is 6. The van der Waals surface area contributed by atoms with Gasteiger partial charge in [0, 0.05) is 0 Å². The molecule has 0 bridgehead atoms. The van der Waals surface area contributed by atoms with Crippen molar-refractivity contribution in [3.8, 4) is 11.1 Å². The average molecular weight is 407 g/mol. The minimum absolute atomic E-state index is 1.11. The molecule has 6 aromatic rings.